The van der Waals surface area contributed by atoms with Crippen molar-refractivity contribution in [2.45, 2.75) is 38.5 Å². The van der Waals surface area contributed by atoms with Crippen LogP contribution in [-0.2, 0) is 6.42 Å². The van der Waals surface area contributed by atoms with E-state index in [1.165, 1.54) is 24.8 Å². The first-order valence-corrected chi connectivity index (χ1v) is 10.7. The van der Waals surface area contributed by atoms with Crippen LogP contribution in [0.5, 0.6) is 0 Å². The number of hydrogen-bond acceptors (Lipinski definition) is 4. The number of rotatable bonds is 7. The number of hydrogen-bond donors (Lipinski definition) is 3. The molecule has 0 saturated carbocycles. The first-order chi connectivity index (χ1) is 14.2. The maximum absolute atomic E-state index is 9.06. The second-order valence-corrected chi connectivity index (χ2v) is 7.74. The van der Waals surface area contributed by atoms with Gasteiger partial charge in [0.05, 0.1) is 11.4 Å². The Hall–Kier alpha value is -2.19. The molecule has 1 fully saturated rings. The van der Waals surface area contributed by atoms with Crippen LogP contribution in [0.4, 0.5) is 11.4 Å². The van der Waals surface area contributed by atoms with Crippen LogP contribution in [0, 0.1) is 12.0 Å². The Morgan fingerprint density at radius 1 is 1.00 bits per heavy atom. The topological polar surface area (TPSA) is 55.7 Å². The molecule has 29 heavy (non-hydrogen) atoms. The van der Waals surface area contributed by atoms with E-state index in [-0.39, 0.29) is 13.2 Å². The molecule has 0 radical (unpaired) electrons. The molecule has 1 saturated heterocycles. The molecule has 0 spiro atoms. The molecule has 0 bridgehead atoms. The Kier molecular flexibility index (Phi) is 8.25. The lowest BCUT2D eigenvalue weighted by Gasteiger charge is -2.32. The quantitative estimate of drug-likeness (QED) is 0.351. The first kappa shape index (κ1) is 21.5. The van der Waals surface area contributed by atoms with Gasteiger partial charge in [-0.15, -0.1) is 0 Å². The Balaban J connectivity index is 2.03. The molecular formula is C24H29ClN2O2. The van der Waals surface area contributed by atoms with Gasteiger partial charge in [-0.2, -0.15) is 0 Å². The fourth-order valence-electron chi connectivity index (χ4n) is 3.85. The van der Waals surface area contributed by atoms with Crippen molar-refractivity contribution in [3.8, 4) is 23.1 Å². The van der Waals surface area contributed by atoms with E-state index in [1.54, 1.807) is 0 Å². The minimum absolute atomic E-state index is 0.173. The Bertz CT molecular complexity index is 867. The van der Waals surface area contributed by atoms with Gasteiger partial charge in [0.25, 0.3) is 0 Å². The lowest BCUT2D eigenvalue weighted by Crippen LogP contribution is -2.30. The van der Waals surface area contributed by atoms with Gasteiger partial charge in [0.15, 0.2) is 0 Å². The highest BCUT2D eigenvalue weighted by atomic mass is 35.5. The third-order valence-electron chi connectivity index (χ3n) is 5.27. The molecule has 2 aromatic carbocycles. The number of benzene rings is 2. The largest absolute Gasteiger partial charge is 0.396 e. The zero-order valence-corrected chi connectivity index (χ0v) is 17.5. The molecule has 0 aromatic heterocycles. The molecule has 2 aromatic rings. The number of aliphatic hydroxyl groups is 2. The van der Waals surface area contributed by atoms with E-state index in [2.05, 4.69) is 40.4 Å². The molecule has 3 rings (SSSR count). The zero-order valence-electron chi connectivity index (χ0n) is 16.8. The third-order valence-corrected chi connectivity index (χ3v) is 5.60. The van der Waals surface area contributed by atoms with E-state index >= 15 is 0 Å². The second-order valence-electron chi connectivity index (χ2n) is 7.33. The summed E-state index contributed by atoms with van der Waals surface area (Å²) in [6.07, 6.45) is 6.28. The van der Waals surface area contributed by atoms with Crippen LogP contribution in [0.15, 0.2) is 36.4 Å². The summed E-state index contributed by atoms with van der Waals surface area (Å²) in [5.41, 5.74) is 5.39. The number of nitrogens with one attached hydrogen (secondary N) is 1. The van der Waals surface area contributed by atoms with Crippen LogP contribution in [0.3, 0.4) is 0 Å². The van der Waals surface area contributed by atoms with Gasteiger partial charge in [-0.3, -0.25) is 0 Å². The fraction of sp³-hybridized carbons (Fsp3) is 0.417. The number of piperidine rings is 1. The highest BCUT2D eigenvalue weighted by Crippen LogP contribution is 2.41. The lowest BCUT2D eigenvalue weighted by molar-refractivity contribution is 0.284. The highest BCUT2D eigenvalue weighted by molar-refractivity contribution is 6.33. The van der Waals surface area contributed by atoms with Crippen LogP contribution >= 0.6 is 11.6 Å². The highest BCUT2D eigenvalue weighted by Gasteiger charge is 2.20. The second kappa shape index (κ2) is 11.1. The molecule has 0 unspecified atom stereocenters. The summed E-state index contributed by atoms with van der Waals surface area (Å²) in [7, 11) is 0. The van der Waals surface area contributed by atoms with E-state index < -0.39 is 0 Å². The number of aryl methyl sites for hydroxylation is 1. The SMILES string of the molecule is OCC#CNc1cccc(-c2cc(CCCCO)ccc2Cl)c1N1CCCCC1. The van der Waals surface area contributed by atoms with Crippen molar-refractivity contribution in [3.05, 3.63) is 47.0 Å². The molecule has 1 aliphatic rings. The predicted octanol–water partition coefficient (Wildman–Crippen LogP) is 4.68. The van der Waals surface area contributed by atoms with E-state index in [4.69, 9.17) is 21.8 Å². The summed E-state index contributed by atoms with van der Waals surface area (Å²) in [6.45, 7) is 2.06. The normalized spacial score (nSPS) is 13.7. The average Bonchev–Trinajstić information content (AvgIpc) is 2.76. The number of aliphatic hydroxyl groups excluding tert-OH is 2. The minimum Gasteiger partial charge on any atom is -0.396 e. The van der Waals surface area contributed by atoms with Crippen LogP contribution in [0.25, 0.3) is 11.1 Å². The Morgan fingerprint density at radius 3 is 2.59 bits per heavy atom. The molecule has 154 valence electrons. The van der Waals surface area contributed by atoms with Gasteiger partial charge < -0.3 is 20.4 Å². The maximum Gasteiger partial charge on any atom is 0.106 e. The van der Waals surface area contributed by atoms with Gasteiger partial charge in [0, 0.05) is 41.9 Å². The summed E-state index contributed by atoms with van der Waals surface area (Å²) in [6, 6.07) is 15.2. The molecule has 4 nitrogen and oxygen atoms in total. The van der Waals surface area contributed by atoms with Crippen molar-refractivity contribution in [3.63, 3.8) is 0 Å². The van der Waals surface area contributed by atoms with E-state index in [0.29, 0.717) is 0 Å². The summed E-state index contributed by atoms with van der Waals surface area (Å²) < 4.78 is 0. The standard InChI is InChI=1S/C24H29ClN2O2/c25-22-12-11-19(8-2-5-16-28)18-21(22)20-9-6-10-23(26-13-7-17-29)24(20)27-14-3-1-4-15-27/h6,9-12,18,26,28-29H,1-5,8,14-17H2. The molecule has 3 N–H and O–H groups in total. The maximum atomic E-state index is 9.06. The molecule has 0 amide bonds. The van der Waals surface area contributed by atoms with Crippen LogP contribution in [-0.4, -0.2) is 36.5 Å². The smallest absolute Gasteiger partial charge is 0.106 e. The van der Waals surface area contributed by atoms with Gasteiger partial charge in [0.1, 0.15) is 6.61 Å². The number of halogens is 1. The number of anilines is 2. The molecule has 5 heteroatoms. The van der Waals surface area contributed by atoms with E-state index in [0.717, 1.165) is 59.9 Å². The molecular weight excluding hydrogens is 384 g/mol. The number of nitrogens with zero attached hydrogens (tertiary/aromatic N) is 1. The fourth-order valence-corrected chi connectivity index (χ4v) is 4.07. The Labute approximate surface area is 178 Å². The van der Waals surface area contributed by atoms with Crippen LogP contribution in [0.2, 0.25) is 5.02 Å². The summed E-state index contributed by atoms with van der Waals surface area (Å²) in [5.74, 6) is 2.66. The Morgan fingerprint density at radius 2 is 1.83 bits per heavy atom. The monoisotopic (exact) mass is 412 g/mol. The molecule has 1 aliphatic heterocycles. The molecule has 0 atom stereocenters. The van der Waals surface area contributed by atoms with Crippen LogP contribution in [0.1, 0.15) is 37.7 Å². The van der Waals surface area contributed by atoms with E-state index in [1.807, 2.05) is 18.2 Å². The lowest BCUT2D eigenvalue weighted by atomic mass is 9.96. The first-order valence-electron chi connectivity index (χ1n) is 10.4. The van der Waals surface area contributed by atoms with Crippen molar-refractivity contribution in [1.29, 1.82) is 0 Å². The number of para-hydroxylation sites is 1. The van der Waals surface area contributed by atoms with Gasteiger partial charge in [0.2, 0.25) is 0 Å². The summed E-state index contributed by atoms with van der Waals surface area (Å²) >= 11 is 6.64. The van der Waals surface area contributed by atoms with Crippen molar-refractivity contribution < 1.29 is 10.2 Å². The third kappa shape index (κ3) is 5.67. The summed E-state index contributed by atoms with van der Waals surface area (Å²) in [4.78, 5) is 2.41. The van der Waals surface area contributed by atoms with Crippen molar-refractivity contribution in [1.82, 2.24) is 0 Å². The summed E-state index contributed by atoms with van der Waals surface area (Å²) in [5, 5.41) is 21.9. The van der Waals surface area contributed by atoms with Crippen molar-refractivity contribution in [2.75, 3.05) is 36.5 Å². The van der Waals surface area contributed by atoms with E-state index in [9.17, 15) is 0 Å². The van der Waals surface area contributed by atoms with Crippen molar-refractivity contribution in [2.24, 2.45) is 0 Å². The molecule has 0 aliphatic carbocycles. The van der Waals surface area contributed by atoms with Gasteiger partial charge in [-0.25, -0.2) is 0 Å². The zero-order chi connectivity index (χ0) is 20.5. The van der Waals surface area contributed by atoms with Gasteiger partial charge in [-0.05, 0) is 62.3 Å². The van der Waals surface area contributed by atoms with Gasteiger partial charge >= 0.3 is 0 Å². The van der Waals surface area contributed by atoms with Gasteiger partial charge in [-0.1, -0.05) is 35.7 Å². The van der Waals surface area contributed by atoms with Crippen LogP contribution < -0.4 is 10.2 Å². The predicted molar refractivity (Wildman–Crippen MR) is 121 cm³/mol. The van der Waals surface area contributed by atoms with Crippen molar-refractivity contribution >= 4 is 23.0 Å². The number of unbranched alkanes of at least 4 members (excludes halogenated alkanes) is 1. The average molecular weight is 413 g/mol. The minimum atomic E-state index is -0.173. The molecule has 1 heterocycles.